The number of ether oxygens (including phenoxy) is 1. The number of halogens is 2. The molecule has 0 bridgehead atoms. The molecule has 2 amide bonds. The first-order chi connectivity index (χ1) is 12.0. The van der Waals surface area contributed by atoms with E-state index in [0.717, 1.165) is 5.56 Å². The summed E-state index contributed by atoms with van der Waals surface area (Å²) in [5.74, 6) is -1.08. The molecule has 0 aromatic heterocycles. The first-order valence-corrected chi connectivity index (χ1v) is 8.35. The summed E-state index contributed by atoms with van der Waals surface area (Å²) in [4.78, 5) is 23.6. The number of nitrogens with two attached hydrogens (primary N) is 1. The van der Waals surface area contributed by atoms with E-state index in [0.29, 0.717) is 22.2 Å². The zero-order valence-corrected chi connectivity index (χ0v) is 14.9. The molecule has 25 heavy (non-hydrogen) atoms. The van der Waals surface area contributed by atoms with Gasteiger partial charge >= 0.3 is 0 Å². The SMILES string of the molecule is NC(=O)[C@H](Cc1ccc(Cl)cc1Cl)NC(=O)COCc1ccccc1. The smallest absolute Gasteiger partial charge is 0.246 e. The number of rotatable bonds is 8. The molecule has 0 saturated carbocycles. The van der Waals surface area contributed by atoms with E-state index < -0.39 is 17.9 Å². The lowest BCUT2D eigenvalue weighted by atomic mass is 10.1. The van der Waals surface area contributed by atoms with Crippen molar-refractivity contribution in [2.75, 3.05) is 6.61 Å². The van der Waals surface area contributed by atoms with Crippen molar-refractivity contribution in [2.45, 2.75) is 19.1 Å². The molecular weight excluding hydrogens is 363 g/mol. The molecule has 0 saturated heterocycles. The molecule has 2 rings (SSSR count). The number of carbonyl (C=O) groups is 2. The molecule has 7 heteroatoms. The molecule has 2 aromatic carbocycles. The minimum absolute atomic E-state index is 0.174. The molecule has 0 radical (unpaired) electrons. The van der Waals surface area contributed by atoms with Crippen LogP contribution in [-0.2, 0) is 27.4 Å². The molecular formula is C18H18Cl2N2O3. The molecule has 0 aliphatic carbocycles. The normalized spacial score (nSPS) is 11.8. The lowest BCUT2D eigenvalue weighted by Gasteiger charge is -2.16. The second-order valence-electron chi connectivity index (χ2n) is 5.44. The monoisotopic (exact) mass is 380 g/mol. The van der Waals surface area contributed by atoms with Crippen LogP contribution in [0.3, 0.4) is 0 Å². The predicted molar refractivity (Wildman–Crippen MR) is 97.4 cm³/mol. The van der Waals surface area contributed by atoms with Gasteiger partial charge in [0, 0.05) is 16.5 Å². The maximum atomic E-state index is 12.0. The Bertz CT molecular complexity index is 738. The van der Waals surface area contributed by atoms with E-state index >= 15 is 0 Å². The highest BCUT2D eigenvalue weighted by molar-refractivity contribution is 6.35. The second-order valence-corrected chi connectivity index (χ2v) is 6.28. The average Bonchev–Trinajstić information content (AvgIpc) is 2.57. The van der Waals surface area contributed by atoms with Crippen LogP contribution in [0, 0.1) is 0 Å². The van der Waals surface area contributed by atoms with Crippen LogP contribution in [0.5, 0.6) is 0 Å². The first-order valence-electron chi connectivity index (χ1n) is 7.60. The van der Waals surface area contributed by atoms with E-state index in [4.69, 9.17) is 33.7 Å². The number of nitrogens with one attached hydrogen (secondary N) is 1. The van der Waals surface area contributed by atoms with Gasteiger partial charge < -0.3 is 15.8 Å². The molecule has 5 nitrogen and oxygen atoms in total. The predicted octanol–water partition coefficient (Wildman–Crippen LogP) is 2.72. The van der Waals surface area contributed by atoms with Crippen LogP contribution in [-0.4, -0.2) is 24.5 Å². The van der Waals surface area contributed by atoms with E-state index in [1.54, 1.807) is 18.2 Å². The van der Waals surface area contributed by atoms with Crippen molar-refractivity contribution in [2.24, 2.45) is 5.73 Å². The molecule has 0 fully saturated rings. The van der Waals surface area contributed by atoms with Crippen LogP contribution in [0.25, 0.3) is 0 Å². The van der Waals surface area contributed by atoms with Crippen LogP contribution < -0.4 is 11.1 Å². The van der Waals surface area contributed by atoms with E-state index in [1.807, 2.05) is 30.3 Å². The van der Waals surface area contributed by atoms with Gasteiger partial charge in [-0.1, -0.05) is 59.6 Å². The van der Waals surface area contributed by atoms with Crippen molar-refractivity contribution in [1.29, 1.82) is 0 Å². The summed E-state index contributed by atoms with van der Waals surface area (Å²) in [6.07, 6.45) is 0.176. The van der Waals surface area contributed by atoms with Crippen LogP contribution in [0.4, 0.5) is 0 Å². The highest BCUT2D eigenvalue weighted by Crippen LogP contribution is 2.22. The fraction of sp³-hybridized carbons (Fsp3) is 0.222. The van der Waals surface area contributed by atoms with Gasteiger partial charge in [-0.15, -0.1) is 0 Å². The number of hydrogen-bond acceptors (Lipinski definition) is 3. The summed E-state index contributed by atoms with van der Waals surface area (Å²) in [5, 5.41) is 3.46. The number of amides is 2. The van der Waals surface area contributed by atoms with Gasteiger partial charge in [0.05, 0.1) is 6.61 Å². The van der Waals surface area contributed by atoms with Gasteiger partial charge in [0.1, 0.15) is 12.6 Å². The zero-order chi connectivity index (χ0) is 18.2. The lowest BCUT2D eigenvalue weighted by molar-refractivity contribution is -0.130. The minimum Gasteiger partial charge on any atom is -0.368 e. The largest absolute Gasteiger partial charge is 0.368 e. The molecule has 0 unspecified atom stereocenters. The van der Waals surface area contributed by atoms with Crippen LogP contribution in [0.1, 0.15) is 11.1 Å². The Morgan fingerprint density at radius 1 is 1.12 bits per heavy atom. The van der Waals surface area contributed by atoms with Crippen molar-refractivity contribution in [3.63, 3.8) is 0 Å². The van der Waals surface area contributed by atoms with Crippen LogP contribution in [0.15, 0.2) is 48.5 Å². The standard InChI is InChI=1S/C18H18Cl2N2O3/c19-14-7-6-13(15(20)9-14)8-16(18(21)24)22-17(23)11-25-10-12-4-2-1-3-5-12/h1-7,9,16H,8,10-11H2,(H2,21,24)(H,22,23)/t16-/m0/s1. The van der Waals surface area contributed by atoms with Crippen LogP contribution in [0.2, 0.25) is 10.0 Å². The molecule has 0 spiro atoms. The Labute approximate surface area is 156 Å². The maximum absolute atomic E-state index is 12.0. The third-order valence-corrected chi connectivity index (χ3v) is 4.05. The highest BCUT2D eigenvalue weighted by Gasteiger charge is 2.20. The van der Waals surface area contributed by atoms with Crippen molar-refractivity contribution in [3.05, 3.63) is 69.7 Å². The van der Waals surface area contributed by atoms with E-state index in [9.17, 15) is 9.59 Å². The van der Waals surface area contributed by atoms with Gasteiger partial charge in [-0.25, -0.2) is 0 Å². The maximum Gasteiger partial charge on any atom is 0.246 e. The van der Waals surface area contributed by atoms with Crippen LogP contribution >= 0.6 is 23.2 Å². The number of carbonyl (C=O) groups excluding carboxylic acids is 2. The molecule has 2 aromatic rings. The number of hydrogen-bond donors (Lipinski definition) is 2. The Hall–Kier alpha value is -2.08. The molecule has 3 N–H and O–H groups in total. The average molecular weight is 381 g/mol. The Balaban J connectivity index is 1.87. The first kappa shape index (κ1) is 19.2. The van der Waals surface area contributed by atoms with E-state index in [1.165, 1.54) is 0 Å². The van der Waals surface area contributed by atoms with Gasteiger partial charge in [0.2, 0.25) is 11.8 Å². The number of primary amides is 1. The fourth-order valence-corrected chi connectivity index (χ4v) is 2.69. The topological polar surface area (TPSA) is 81.4 Å². The van der Waals surface area contributed by atoms with Gasteiger partial charge in [-0.3, -0.25) is 9.59 Å². The molecule has 0 aliphatic heterocycles. The third kappa shape index (κ3) is 6.38. The Kier molecular flexibility index (Phi) is 7.25. The van der Waals surface area contributed by atoms with Crippen molar-refractivity contribution < 1.29 is 14.3 Å². The Morgan fingerprint density at radius 3 is 2.48 bits per heavy atom. The van der Waals surface area contributed by atoms with Crippen molar-refractivity contribution in [1.82, 2.24) is 5.32 Å². The van der Waals surface area contributed by atoms with E-state index in [-0.39, 0.29) is 13.0 Å². The summed E-state index contributed by atoms with van der Waals surface area (Å²) in [6.45, 7) is 0.130. The zero-order valence-electron chi connectivity index (χ0n) is 13.4. The van der Waals surface area contributed by atoms with Gasteiger partial charge in [-0.05, 0) is 23.3 Å². The van der Waals surface area contributed by atoms with Gasteiger partial charge in [0.25, 0.3) is 0 Å². The summed E-state index contributed by atoms with van der Waals surface area (Å²) in [7, 11) is 0. The second kappa shape index (κ2) is 9.42. The minimum atomic E-state index is -0.883. The Morgan fingerprint density at radius 2 is 1.84 bits per heavy atom. The summed E-state index contributed by atoms with van der Waals surface area (Å²) in [5.41, 5.74) is 6.99. The van der Waals surface area contributed by atoms with Crippen molar-refractivity contribution >= 4 is 35.0 Å². The molecule has 0 heterocycles. The summed E-state index contributed by atoms with van der Waals surface area (Å²) >= 11 is 11.9. The summed E-state index contributed by atoms with van der Waals surface area (Å²) < 4.78 is 5.34. The molecule has 1 atom stereocenters. The fourth-order valence-electron chi connectivity index (χ4n) is 2.20. The molecule has 0 aliphatic rings. The van der Waals surface area contributed by atoms with E-state index in [2.05, 4.69) is 5.32 Å². The third-order valence-electron chi connectivity index (χ3n) is 3.46. The summed E-state index contributed by atoms with van der Waals surface area (Å²) in [6, 6.07) is 13.5. The number of benzene rings is 2. The highest BCUT2D eigenvalue weighted by atomic mass is 35.5. The lowest BCUT2D eigenvalue weighted by Crippen LogP contribution is -2.47. The van der Waals surface area contributed by atoms with Gasteiger partial charge in [0.15, 0.2) is 0 Å². The molecule has 132 valence electrons. The quantitative estimate of drug-likeness (QED) is 0.738. The van der Waals surface area contributed by atoms with Crippen molar-refractivity contribution in [3.8, 4) is 0 Å². The van der Waals surface area contributed by atoms with Gasteiger partial charge in [-0.2, -0.15) is 0 Å².